The van der Waals surface area contributed by atoms with Crippen molar-refractivity contribution < 1.29 is 28.8 Å². The molecule has 172 valence electrons. The van der Waals surface area contributed by atoms with E-state index in [-0.39, 0.29) is 17.8 Å². The lowest BCUT2D eigenvalue weighted by atomic mass is 9.87. The van der Waals surface area contributed by atoms with Crippen molar-refractivity contribution in [1.82, 2.24) is 10.2 Å². The number of nitro benzene ring substituents is 1. The Hall–Kier alpha value is -4.28. The molecule has 11 heteroatoms. The molecular formula is C22H22N4O7. The van der Waals surface area contributed by atoms with Crippen LogP contribution in [-0.4, -0.2) is 46.3 Å². The van der Waals surface area contributed by atoms with Crippen molar-refractivity contribution in [3.63, 3.8) is 0 Å². The Bertz CT molecular complexity index is 1090. The second-order valence-corrected chi connectivity index (χ2v) is 7.37. The van der Waals surface area contributed by atoms with Gasteiger partial charge < -0.3 is 15.4 Å². The number of esters is 1. The first-order valence-electron chi connectivity index (χ1n) is 10.1. The number of non-ortho nitro benzene ring substituents is 1. The third kappa shape index (κ3) is 4.81. The number of nitro groups is 1. The molecule has 0 aromatic heterocycles. The van der Waals surface area contributed by atoms with Crippen LogP contribution in [0.1, 0.15) is 25.8 Å². The average molecular weight is 454 g/mol. The normalized spacial score (nSPS) is 18.4. The van der Waals surface area contributed by atoms with E-state index >= 15 is 0 Å². The number of urea groups is 1. The van der Waals surface area contributed by atoms with E-state index < -0.39 is 46.9 Å². The van der Waals surface area contributed by atoms with E-state index in [1.54, 1.807) is 37.3 Å². The number of amides is 4. The first-order chi connectivity index (χ1) is 15.7. The molecule has 0 spiro atoms. The number of benzene rings is 2. The predicted octanol–water partition coefficient (Wildman–Crippen LogP) is 2.32. The highest BCUT2D eigenvalue weighted by Crippen LogP contribution is 2.32. The highest BCUT2D eigenvalue weighted by molar-refractivity contribution is 6.09. The zero-order valence-corrected chi connectivity index (χ0v) is 17.9. The number of hydrogen-bond donors (Lipinski definition) is 2. The Morgan fingerprint density at radius 1 is 1.15 bits per heavy atom. The Morgan fingerprint density at radius 3 is 2.36 bits per heavy atom. The lowest BCUT2D eigenvalue weighted by Gasteiger charge is -2.25. The van der Waals surface area contributed by atoms with Crippen LogP contribution < -0.4 is 10.6 Å². The van der Waals surface area contributed by atoms with Crippen LogP contribution >= 0.6 is 0 Å². The van der Waals surface area contributed by atoms with Gasteiger partial charge in [-0.05, 0) is 31.0 Å². The van der Waals surface area contributed by atoms with E-state index in [1.807, 2.05) is 0 Å². The number of nitrogens with zero attached hydrogens (tertiary/aromatic N) is 2. The number of carbonyl (C=O) groups is 4. The minimum absolute atomic E-state index is 0.139. The second kappa shape index (κ2) is 9.47. The van der Waals surface area contributed by atoms with Crippen molar-refractivity contribution >= 4 is 35.2 Å². The van der Waals surface area contributed by atoms with Gasteiger partial charge in [0.15, 0.2) is 6.10 Å². The summed E-state index contributed by atoms with van der Waals surface area (Å²) in [5.74, 6) is -2.20. The van der Waals surface area contributed by atoms with Crippen LogP contribution in [0.25, 0.3) is 0 Å². The molecule has 11 nitrogen and oxygen atoms in total. The quantitative estimate of drug-likeness (QED) is 0.269. The molecule has 1 heterocycles. The SMILES string of the molecule is CCC1(c2ccccc2)NC(=O)N(CC(=O)OC(C)C(=O)Nc2ccc([N+](=O)[O-])cc2)C1=O. The molecule has 33 heavy (non-hydrogen) atoms. The molecule has 1 aliphatic heterocycles. The van der Waals surface area contributed by atoms with Gasteiger partial charge in [0.25, 0.3) is 17.5 Å². The number of carbonyl (C=O) groups excluding carboxylic acids is 4. The number of imide groups is 1. The zero-order valence-electron chi connectivity index (χ0n) is 17.9. The summed E-state index contributed by atoms with van der Waals surface area (Å²) in [6.07, 6.45) is -0.959. The van der Waals surface area contributed by atoms with Crippen LogP contribution in [0.15, 0.2) is 54.6 Å². The Balaban J connectivity index is 1.61. The lowest BCUT2D eigenvalue weighted by Crippen LogP contribution is -2.44. The molecule has 1 fully saturated rings. The first kappa shape index (κ1) is 23.4. The number of ether oxygens (including phenoxy) is 1. The van der Waals surface area contributed by atoms with Crippen molar-refractivity contribution in [2.75, 3.05) is 11.9 Å². The largest absolute Gasteiger partial charge is 0.451 e. The summed E-state index contributed by atoms with van der Waals surface area (Å²) >= 11 is 0. The third-order valence-electron chi connectivity index (χ3n) is 5.28. The summed E-state index contributed by atoms with van der Waals surface area (Å²) in [6, 6.07) is 13.1. The average Bonchev–Trinajstić information content (AvgIpc) is 3.05. The van der Waals surface area contributed by atoms with E-state index in [9.17, 15) is 29.3 Å². The van der Waals surface area contributed by atoms with Crippen molar-refractivity contribution in [3.05, 3.63) is 70.3 Å². The molecule has 1 aliphatic rings. The summed E-state index contributed by atoms with van der Waals surface area (Å²) in [4.78, 5) is 61.0. The topological polar surface area (TPSA) is 148 Å². The molecule has 2 aromatic rings. The molecule has 2 aromatic carbocycles. The van der Waals surface area contributed by atoms with Gasteiger partial charge in [0, 0.05) is 17.8 Å². The Kier molecular flexibility index (Phi) is 6.71. The summed E-state index contributed by atoms with van der Waals surface area (Å²) in [6.45, 7) is 2.41. The van der Waals surface area contributed by atoms with Gasteiger partial charge in [-0.2, -0.15) is 0 Å². The molecular weight excluding hydrogens is 432 g/mol. The maximum absolute atomic E-state index is 13.0. The first-order valence-corrected chi connectivity index (χ1v) is 10.1. The molecule has 2 unspecified atom stereocenters. The van der Waals surface area contributed by atoms with Crippen LogP contribution in [0.5, 0.6) is 0 Å². The van der Waals surface area contributed by atoms with Crippen LogP contribution in [0.2, 0.25) is 0 Å². The Labute approximate surface area is 188 Å². The van der Waals surface area contributed by atoms with Crippen LogP contribution in [0, 0.1) is 10.1 Å². The van der Waals surface area contributed by atoms with Crippen LogP contribution in [0.3, 0.4) is 0 Å². The van der Waals surface area contributed by atoms with Gasteiger partial charge in [-0.1, -0.05) is 37.3 Å². The maximum Gasteiger partial charge on any atom is 0.327 e. The zero-order chi connectivity index (χ0) is 24.2. The van der Waals surface area contributed by atoms with Gasteiger partial charge in [-0.25, -0.2) is 4.79 Å². The molecule has 3 rings (SSSR count). The summed E-state index contributed by atoms with van der Waals surface area (Å²) in [7, 11) is 0. The number of nitrogens with one attached hydrogen (secondary N) is 2. The predicted molar refractivity (Wildman–Crippen MR) is 116 cm³/mol. The minimum Gasteiger partial charge on any atom is -0.451 e. The summed E-state index contributed by atoms with van der Waals surface area (Å²) in [5.41, 5.74) is -0.548. The molecule has 0 saturated carbocycles. The number of hydrogen-bond acceptors (Lipinski definition) is 7. The Morgan fingerprint density at radius 2 is 1.79 bits per heavy atom. The van der Waals surface area contributed by atoms with Crippen molar-refractivity contribution in [1.29, 1.82) is 0 Å². The molecule has 1 saturated heterocycles. The number of rotatable bonds is 8. The molecule has 2 atom stereocenters. The highest BCUT2D eigenvalue weighted by atomic mass is 16.6. The van der Waals surface area contributed by atoms with E-state index in [1.165, 1.54) is 31.2 Å². The lowest BCUT2D eigenvalue weighted by molar-refractivity contribution is -0.384. The third-order valence-corrected chi connectivity index (χ3v) is 5.28. The summed E-state index contributed by atoms with van der Waals surface area (Å²) < 4.78 is 5.08. The number of anilines is 1. The smallest absolute Gasteiger partial charge is 0.327 e. The summed E-state index contributed by atoms with van der Waals surface area (Å²) in [5, 5.41) is 15.8. The second-order valence-electron chi connectivity index (χ2n) is 7.37. The maximum atomic E-state index is 13.0. The van der Waals surface area contributed by atoms with Gasteiger partial charge in [-0.3, -0.25) is 29.4 Å². The fraction of sp³-hybridized carbons (Fsp3) is 0.273. The van der Waals surface area contributed by atoms with E-state index in [0.29, 0.717) is 5.56 Å². The molecule has 0 bridgehead atoms. The van der Waals surface area contributed by atoms with Gasteiger partial charge in [0.1, 0.15) is 12.1 Å². The van der Waals surface area contributed by atoms with Gasteiger partial charge >= 0.3 is 12.0 Å². The van der Waals surface area contributed by atoms with Gasteiger partial charge in [-0.15, -0.1) is 0 Å². The fourth-order valence-electron chi connectivity index (χ4n) is 3.46. The van der Waals surface area contributed by atoms with Crippen LogP contribution in [-0.2, 0) is 24.7 Å². The van der Waals surface area contributed by atoms with Crippen molar-refractivity contribution in [2.24, 2.45) is 0 Å². The highest BCUT2D eigenvalue weighted by Gasteiger charge is 2.51. The van der Waals surface area contributed by atoms with Crippen molar-refractivity contribution in [2.45, 2.75) is 31.9 Å². The van der Waals surface area contributed by atoms with Gasteiger partial charge in [0.2, 0.25) is 0 Å². The fourth-order valence-corrected chi connectivity index (χ4v) is 3.46. The van der Waals surface area contributed by atoms with Crippen molar-refractivity contribution in [3.8, 4) is 0 Å². The minimum atomic E-state index is -1.28. The van der Waals surface area contributed by atoms with Crippen LogP contribution in [0.4, 0.5) is 16.2 Å². The van der Waals surface area contributed by atoms with E-state index in [0.717, 1.165) is 4.90 Å². The molecule has 0 aliphatic carbocycles. The van der Waals surface area contributed by atoms with Gasteiger partial charge in [0.05, 0.1) is 4.92 Å². The molecule has 0 radical (unpaired) electrons. The van der Waals surface area contributed by atoms with E-state index in [2.05, 4.69) is 10.6 Å². The molecule has 4 amide bonds. The monoisotopic (exact) mass is 454 g/mol. The van der Waals surface area contributed by atoms with E-state index in [4.69, 9.17) is 4.74 Å². The molecule has 2 N–H and O–H groups in total. The standard InChI is InChI=1S/C22H22N4O7/c1-3-22(15-7-5-4-6-8-15)20(29)25(21(30)24-22)13-18(27)33-14(2)19(28)23-16-9-11-17(12-10-16)26(31)32/h4-12,14H,3,13H2,1-2H3,(H,23,28)(H,24,30).